The number of para-hydroxylation sites is 2. The highest BCUT2D eigenvalue weighted by Gasteiger charge is 2.05. The van der Waals surface area contributed by atoms with E-state index in [2.05, 4.69) is 13.8 Å². The Bertz CT molecular complexity index is 286. The van der Waals surface area contributed by atoms with Crippen LogP contribution >= 0.6 is 0 Å². The molecule has 0 saturated carbocycles. The molecule has 0 bridgehead atoms. The first kappa shape index (κ1) is 11.9. The minimum absolute atomic E-state index is 0.251. The molecule has 1 rings (SSSR count). The first-order chi connectivity index (χ1) is 7.24. The summed E-state index contributed by atoms with van der Waals surface area (Å²) in [6.07, 6.45) is 5.10. The van der Waals surface area contributed by atoms with Crippen molar-refractivity contribution in [2.24, 2.45) is 0 Å². The highest BCUT2D eigenvalue weighted by molar-refractivity contribution is 5.51. The number of rotatable bonds is 6. The Morgan fingerprint density at radius 2 is 2.00 bits per heavy atom. The summed E-state index contributed by atoms with van der Waals surface area (Å²) in [5.41, 5.74) is 6.52. The molecule has 0 amide bonds. The van der Waals surface area contributed by atoms with Gasteiger partial charge in [-0.15, -0.1) is 0 Å². The molecule has 0 heterocycles. The van der Waals surface area contributed by atoms with Gasteiger partial charge in [-0.1, -0.05) is 31.9 Å². The number of ether oxygens (including phenoxy) is 1. The molecule has 0 saturated heterocycles. The summed E-state index contributed by atoms with van der Waals surface area (Å²) in [4.78, 5) is 0. The zero-order valence-electron chi connectivity index (χ0n) is 9.70. The third-order valence-electron chi connectivity index (χ3n) is 2.46. The summed E-state index contributed by atoms with van der Waals surface area (Å²) in [6.45, 7) is 4.31. The molecule has 84 valence electrons. The molecular formula is C13H21NO. The van der Waals surface area contributed by atoms with Crippen molar-refractivity contribution in [3.05, 3.63) is 24.3 Å². The molecule has 0 aliphatic heterocycles. The van der Waals surface area contributed by atoms with Gasteiger partial charge in [0.2, 0.25) is 0 Å². The average molecular weight is 207 g/mol. The maximum Gasteiger partial charge on any atom is 0.142 e. The lowest BCUT2D eigenvalue weighted by Gasteiger charge is -2.15. The monoisotopic (exact) mass is 207 g/mol. The molecule has 15 heavy (non-hydrogen) atoms. The predicted octanol–water partition coefficient (Wildman–Crippen LogP) is 3.62. The van der Waals surface area contributed by atoms with Crippen LogP contribution in [-0.4, -0.2) is 6.10 Å². The molecule has 0 aromatic heterocycles. The van der Waals surface area contributed by atoms with E-state index in [1.807, 2.05) is 24.3 Å². The standard InChI is InChI=1S/C13H21NO/c1-3-4-5-8-11(2)15-13-10-7-6-9-12(13)14/h6-7,9-11H,3-5,8,14H2,1-2H3/t11-/m1/s1. The second kappa shape index (κ2) is 6.33. The van der Waals surface area contributed by atoms with Crippen molar-refractivity contribution >= 4 is 5.69 Å². The van der Waals surface area contributed by atoms with E-state index in [1.54, 1.807) is 0 Å². The van der Waals surface area contributed by atoms with E-state index in [-0.39, 0.29) is 6.10 Å². The van der Waals surface area contributed by atoms with Gasteiger partial charge in [-0.3, -0.25) is 0 Å². The molecule has 0 aliphatic carbocycles. The Hall–Kier alpha value is -1.18. The van der Waals surface area contributed by atoms with E-state index >= 15 is 0 Å². The molecule has 2 heteroatoms. The summed E-state index contributed by atoms with van der Waals surface area (Å²) in [5.74, 6) is 0.807. The number of anilines is 1. The van der Waals surface area contributed by atoms with Crippen molar-refractivity contribution in [1.82, 2.24) is 0 Å². The quantitative estimate of drug-likeness (QED) is 0.571. The third kappa shape index (κ3) is 4.24. The largest absolute Gasteiger partial charge is 0.489 e. The molecule has 0 spiro atoms. The minimum Gasteiger partial charge on any atom is -0.489 e. The summed E-state index contributed by atoms with van der Waals surface area (Å²) in [6, 6.07) is 7.66. The Labute approximate surface area is 92.4 Å². The SMILES string of the molecule is CCCCC[C@@H](C)Oc1ccccc1N. The fourth-order valence-electron chi connectivity index (χ4n) is 1.55. The van der Waals surface area contributed by atoms with E-state index in [1.165, 1.54) is 19.3 Å². The second-order valence-corrected chi connectivity index (χ2v) is 3.96. The van der Waals surface area contributed by atoms with Gasteiger partial charge in [0.05, 0.1) is 11.8 Å². The van der Waals surface area contributed by atoms with E-state index in [0.717, 1.165) is 17.9 Å². The average Bonchev–Trinajstić information content (AvgIpc) is 2.22. The highest BCUT2D eigenvalue weighted by atomic mass is 16.5. The molecule has 0 aliphatic rings. The summed E-state index contributed by atoms with van der Waals surface area (Å²) < 4.78 is 5.77. The number of nitrogens with two attached hydrogens (primary N) is 1. The van der Waals surface area contributed by atoms with E-state index in [9.17, 15) is 0 Å². The second-order valence-electron chi connectivity index (χ2n) is 3.96. The van der Waals surface area contributed by atoms with Crippen molar-refractivity contribution < 1.29 is 4.74 Å². The van der Waals surface area contributed by atoms with Gasteiger partial charge in [-0.05, 0) is 31.9 Å². The maximum absolute atomic E-state index is 5.80. The van der Waals surface area contributed by atoms with Crippen LogP contribution in [0.1, 0.15) is 39.5 Å². The number of benzene rings is 1. The van der Waals surface area contributed by atoms with Crippen LogP contribution in [0.25, 0.3) is 0 Å². The van der Waals surface area contributed by atoms with Crippen LogP contribution in [0.5, 0.6) is 5.75 Å². The van der Waals surface area contributed by atoms with Crippen molar-refractivity contribution in [2.75, 3.05) is 5.73 Å². The molecule has 2 N–H and O–H groups in total. The fraction of sp³-hybridized carbons (Fsp3) is 0.538. The zero-order valence-corrected chi connectivity index (χ0v) is 9.70. The number of unbranched alkanes of at least 4 members (excludes halogenated alkanes) is 2. The molecule has 0 radical (unpaired) electrons. The number of hydrogen-bond donors (Lipinski definition) is 1. The van der Waals surface area contributed by atoms with Gasteiger partial charge in [0.25, 0.3) is 0 Å². The first-order valence-electron chi connectivity index (χ1n) is 5.75. The van der Waals surface area contributed by atoms with Crippen LogP contribution in [0.15, 0.2) is 24.3 Å². The van der Waals surface area contributed by atoms with Gasteiger partial charge in [0, 0.05) is 0 Å². The zero-order chi connectivity index (χ0) is 11.1. The van der Waals surface area contributed by atoms with Gasteiger partial charge in [-0.2, -0.15) is 0 Å². The molecule has 1 aromatic rings. The van der Waals surface area contributed by atoms with Crippen molar-refractivity contribution in [2.45, 2.75) is 45.6 Å². The van der Waals surface area contributed by atoms with Crippen LogP contribution in [0.3, 0.4) is 0 Å². The van der Waals surface area contributed by atoms with Gasteiger partial charge in [0.1, 0.15) is 5.75 Å². The Morgan fingerprint density at radius 3 is 2.67 bits per heavy atom. The van der Waals surface area contributed by atoms with Crippen molar-refractivity contribution in [3.8, 4) is 5.75 Å². The Kier molecular flexibility index (Phi) is 5.02. The van der Waals surface area contributed by atoms with Crippen molar-refractivity contribution in [1.29, 1.82) is 0 Å². The maximum atomic E-state index is 5.80. The van der Waals surface area contributed by atoms with E-state index < -0.39 is 0 Å². The lowest BCUT2D eigenvalue weighted by Crippen LogP contribution is -2.12. The molecule has 2 nitrogen and oxygen atoms in total. The van der Waals surface area contributed by atoms with Crippen LogP contribution in [0.2, 0.25) is 0 Å². The number of hydrogen-bond acceptors (Lipinski definition) is 2. The van der Waals surface area contributed by atoms with Crippen LogP contribution in [0.4, 0.5) is 5.69 Å². The predicted molar refractivity (Wildman–Crippen MR) is 65.1 cm³/mol. The normalized spacial score (nSPS) is 12.4. The summed E-state index contributed by atoms with van der Waals surface area (Å²) >= 11 is 0. The molecule has 0 fully saturated rings. The molecule has 1 atom stereocenters. The smallest absolute Gasteiger partial charge is 0.142 e. The third-order valence-corrected chi connectivity index (χ3v) is 2.46. The summed E-state index contributed by atoms with van der Waals surface area (Å²) in [7, 11) is 0. The molecular weight excluding hydrogens is 186 g/mol. The Balaban J connectivity index is 2.37. The van der Waals surface area contributed by atoms with Crippen molar-refractivity contribution in [3.63, 3.8) is 0 Å². The van der Waals surface area contributed by atoms with Gasteiger partial charge < -0.3 is 10.5 Å². The lowest BCUT2D eigenvalue weighted by atomic mass is 10.1. The van der Waals surface area contributed by atoms with E-state index in [0.29, 0.717) is 0 Å². The van der Waals surface area contributed by atoms with Crippen LogP contribution in [0, 0.1) is 0 Å². The van der Waals surface area contributed by atoms with Gasteiger partial charge >= 0.3 is 0 Å². The lowest BCUT2D eigenvalue weighted by molar-refractivity contribution is 0.208. The minimum atomic E-state index is 0.251. The fourth-order valence-corrected chi connectivity index (χ4v) is 1.55. The van der Waals surface area contributed by atoms with Gasteiger partial charge in [-0.25, -0.2) is 0 Å². The van der Waals surface area contributed by atoms with Crippen LogP contribution < -0.4 is 10.5 Å². The van der Waals surface area contributed by atoms with E-state index in [4.69, 9.17) is 10.5 Å². The summed E-state index contributed by atoms with van der Waals surface area (Å²) in [5, 5.41) is 0. The highest BCUT2D eigenvalue weighted by Crippen LogP contribution is 2.22. The molecule has 0 unspecified atom stereocenters. The first-order valence-corrected chi connectivity index (χ1v) is 5.75. The van der Waals surface area contributed by atoms with Gasteiger partial charge in [0.15, 0.2) is 0 Å². The Morgan fingerprint density at radius 1 is 1.27 bits per heavy atom. The van der Waals surface area contributed by atoms with Crippen LogP contribution in [-0.2, 0) is 0 Å². The molecule has 1 aromatic carbocycles. The topological polar surface area (TPSA) is 35.2 Å². The number of nitrogen functional groups attached to an aromatic ring is 1.